The van der Waals surface area contributed by atoms with Gasteiger partial charge in [0.25, 0.3) is 0 Å². The minimum absolute atomic E-state index is 0.516. The second-order valence-electron chi connectivity index (χ2n) is 6.97. The minimum atomic E-state index is 0.516. The Morgan fingerprint density at radius 3 is 2.04 bits per heavy atom. The first-order chi connectivity index (χ1) is 11.6. The summed E-state index contributed by atoms with van der Waals surface area (Å²) in [5.74, 6) is 2.06. The average molecular weight is 318 g/mol. The lowest BCUT2D eigenvalue weighted by molar-refractivity contribution is 0.738. The van der Waals surface area contributed by atoms with Crippen LogP contribution in [0.15, 0.2) is 60.9 Å². The van der Waals surface area contributed by atoms with Crippen molar-refractivity contribution >= 4 is 0 Å². The van der Waals surface area contributed by atoms with Gasteiger partial charge in [-0.05, 0) is 28.5 Å². The molecule has 0 unspecified atom stereocenters. The Labute approximate surface area is 145 Å². The van der Waals surface area contributed by atoms with Crippen LogP contribution in [0.1, 0.15) is 56.2 Å². The average Bonchev–Trinajstić information content (AvgIpc) is 3.03. The third kappa shape index (κ3) is 3.28. The van der Waals surface area contributed by atoms with Crippen molar-refractivity contribution < 1.29 is 0 Å². The summed E-state index contributed by atoms with van der Waals surface area (Å²) in [5, 5.41) is 0. The number of benzene rings is 2. The molecule has 0 bridgehead atoms. The molecule has 0 saturated heterocycles. The summed E-state index contributed by atoms with van der Waals surface area (Å²) < 4.78 is 2.27. The van der Waals surface area contributed by atoms with Crippen molar-refractivity contribution in [3.05, 3.63) is 77.6 Å². The Bertz CT molecular complexity index is 772. The molecule has 0 radical (unpaired) electrons. The van der Waals surface area contributed by atoms with Gasteiger partial charge in [-0.2, -0.15) is 0 Å². The second-order valence-corrected chi connectivity index (χ2v) is 6.97. The predicted molar refractivity (Wildman–Crippen MR) is 101 cm³/mol. The topological polar surface area (TPSA) is 17.8 Å². The summed E-state index contributed by atoms with van der Waals surface area (Å²) in [7, 11) is 0. The zero-order chi connectivity index (χ0) is 17.1. The molecule has 1 heterocycles. The predicted octanol–water partition coefficient (Wildman–Crippen LogP) is 5.85. The van der Waals surface area contributed by atoms with Crippen LogP contribution in [0.5, 0.6) is 0 Å². The van der Waals surface area contributed by atoms with Crippen LogP contribution in [0.2, 0.25) is 0 Å². The van der Waals surface area contributed by atoms with Gasteiger partial charge in [0.1, 0.15) is 5.82 Å². The fourth-order valence-corrected chi connectivity index (χ4v) is 3.34. The van der Waals surface area contributed by atoms with Crippen molar-refractivity contribution in [1.82, 2.24) is 9.55 Å². The molecular formula is C22H26N2. The van der Waals surface area contributed by atoms with Crippen LogP contribution in [-0.4, -0.2) is 9.55 Å². The first kappa shape index (κ1) is 16.5. The van der Waals surface area contributed by atoms with E-state index in [4.69, 9.17) is 0 Å². The molecule has 2 nitrogen and oxygen atoms in total. The number of hydrogen-bond acceptors (Lipinski definition) is 1. The van der Waals surface area contributed by atoms with Crippen molar-refractivity contribution in [3.63, 3.8) is 0 Å². The number of rotatable bonds is 5. The molecule has 0 N–H and O–H groups in total. The Morgan fingerprint density at radius 2 is 1.46 bits per heavy atom. The van der Waals surface area contributed by atoms with Gasteiger partial charge in [-0.15, -0.1) is 0 Å². The van der Waals surface area contributed by atoms with Crippen LogP contribution < -0.4 is 0 Å². The molecule has 0 saturated carbocycles. The van der Waals surface area contributed by atoms with Crippen LogP contribution in [0.3, 0.4) is 0 Å². The van der Waals surface area contributed by atoms with Crippen molar-refractivity contribution in [3.8, 4) is 11.4 Å². The monoisotopic (exact) mass is 318 g/mol. The van der Waals surface area contributed by atoms with E-state index in [9.17, 15) is 0 Å². The standard InChI is InChI=1S/C22H26N2/c1-16(2)19-11-8-12-20(17(3)4)21(19)15-24-14-13-23-22(24)18-9-6-5-7-10-18/h5-14,16-17H,15H2,1-4H3. The Balaban J connectivity index is 2.06. The minimum Gasteiger partial charge on any atom is -0.327 e. The second kappa shape index (κ2) is 7.04. The van der Waals surface area contributed by atoms with Gasteiger partial charge >= 0.3 is 0 Å². The molecule has 3 rings (SSSR count). The van der Waals surface area contributed by atoms with Gasteiger partial charge in [0.2, 0.25) is 0 Å². The molecule has 2 heteroatoms. The lowest BCUT2D eigenvalue weighted by Crippen LogP contribution is -2.09. The van der Waals surface area contributed by atoms with Gasteiger partial charge in [-0.25, -0.2) is 4.98 Å². The summed E-state index contributed by atoms with van der Waals surface area (Å²) in [4.78, 5) is 4.59. The summed E-state index contributed by atoms with van der Waals surface area (Å²) in [5.41, 5.74) is 5.48. The molecule has 0 atom stereocenters. The number of hydrogen-bond donors (Lipinski definition) is 0. The van der Waals surface area contributed by atoms with Crippen molar-refractivity contribution in [2.24, 2.45) is 0 Å². The lowest BCUT2D eigenvalue weighted by Gasteiger charge is -2.21. The normalized spacial score (nSPS) is 11.4. The summed E-state index contributed by atoms with van der Waals surface area (Å²) >= 11 is 0. The molecule has 0 amide bonds. The molecule has 0 aliphatic rings. The van der Waals surface area contributed by atoms with Gasteiger partial charge < -0.3 is 4.57 Å². The fraction of sp³-hybridized carbons (Fsp3) is 0.318. The molecule has 124 valence electrons. The smallest absolute Gasteiger partial charge is 0.140 e. The molecular weight excluding hydrogens is 292 g/mol. The van der Waals surface area contributed by atoms with E-state index in [1.165, 1.54) is 16.7 Å². The van der Waals surface area contributed by atoms with E-state index in [-0.39, 0.29) is 0 Å². The van der Waals surface area contributed by atoms with Gasteiger partial charge in [0.05, 0.1) is 0 Å². The first-order valence-corrected chi connectivity index (χ1v) is 8.76. The van der Waals surface area contributed by atoms with E-state index in [1.807, 2.05) is 12.3 Å². The fourth-order valence-electron chi connectivity index (χ4n) is 3.34. The quantitative estimate of drug-likeness (QED) is 0.577. The molecule has 3 aromatic rings. The van der Waals surface area contributed by atoms with Gasteiger partial charge in [-0.3, -0.25) is 0 Å². The van der Waals surface area contributed by atoms with Gasteiger partial charge in [0.15, 0.2) is 0 Å². The summed E-state index contributed by atoms with van der Waals surface area (Å²) in [6.07, 6.45) is 3.99. The summed E-state index contributed by atoms with van der Waals surface area (Å²) in [6, 6.07) is 17.1. The van der Waals surface area contributed by atoms with Crippen molar-refractivity contribution in [2.45, 2.75) is 46.1 Å². The molecule has 1 aromatic heterocycles. The van der Waals surface area contributed by atoms with E-state index >= 15 is 0 Å². The third-order valence-electron chi connectivity index (χ3n) is 4.57. The largest absolute Gasteiger partial charge is 0.327 e. The van der Waals surface area contributed by atoms with Crippen LogP contribution >= 0.6 is 0 Å². The zero-order valence-corrected chi connectivity index (χ0v) is 15.0. The van der Waals surface area contributed by atoms with Crippen LogP contribution in [0, 0.1) is 0 Å². The van der Waals surface area contributed by atoms with E-state index in [0.717, 1.165) is 17.9 Å². The summed E-state index contributed by atoms with van der Waals surface area (Å²) in [6.45, 7) is 9.96. The van der Waals surface area contributed by atoms with Crippen LogP contribution in [0.4, 0.5) is 0 Å². The number of nitrogens with zero attached hydrogens (tertiary/aromatic N) is 2. The molecule has 24 heavy (non-hydrogen) atoms. The molecule has 0 aliphatic carbocycles. The maximum atomic E-state index is 4.59. The maximum absolute atomic E-state index is 4.59. The van der Waals surface area contributed by atoms with E-state index in [0.29, 0.717) is 11.8 Å². The first-order valence-electron chi connectivity index (χ1n) is 8.76. The number of imidazole rings is 1. The van der Waals surface area contributed by atoms with E-state index in [2.05, 4.69) is 85.9 Å². The maximum Gasteiger partial charge on any atom is 0.140 e. The highest BCUT2D eigenvalue weighted by Gasteiger charge is 2.15. The highest BCUT2D eigenvalue weighted by Crippen LogP contribution is 2.29. The van der Waals surface area contributed by atoms with Gasteiger partial charge in [-0.1, -0.05) is 76.2 Å². The van der Waals surface area contributed by atoms with E-state index in [1.54, 1.807) is 0 Å². The van der Waals surface area contributed by atoms with Crippen LogP contribution in [0.25, 0.3) is 11.4 Å². The van der Waals surface area contributed by atoms with E-state index < -0.39 is 0 Å². The Morgan fingerprint density at radius 1 is 0.833 bits per heavy atom. The zero-order valence-electron chi connectivity index (χ0n) is 15.0. The third-order valence-corrected chi connectivity index (χ3v) is 4.57. The van der Waals surface area contributed by atoms with Gasteiger partial charge in [0, 0.05) is 24.5 Å². The number of aromatic nitrogens is 2. The van der Waals surface area contributed by atoms with Crippen molar-refractivity contribution in [2.75, 3.05) is 0 Å². The highest BCUT2D eigenvalue weighted by atomic mass is 15.1. The lowest BCUT2D eigenvalue weighted by atomic mass is 9.88. The molecule has 0 fully saturated rings. The SMILES string of the molecule is CC(C)c1cccc(C(C)C)c1Cn1ccnc1-c1ccccc1. The molecule has 0 aliphatic heterocycles. The molecule has 2 aromatic carbocycles. The Hall–Kier alpha value is -2.35. The Kier molecular flexibility index (Phi) is 4.84. The van der Waals surface area contributed by atoms with Crippen molar-refractivity contribution in [1.29, 1.82) is 0 Å². The highest BCUT2D eigenvalue weighted by molar-refractivity contribution is 5.55. The van der Waals surface area contributed by atoms with Crippen LogP contribution in [-0.2, 0) is 6.54 Å². The molecule has 0 spiro atoms.